The Morgan fingerprint density at radius 1 is 1.13 bits per heavy atom. The third kappa shape index (κ3) is 4.24. The number of hydrogen-bond donors (Lipinski definition) is 2. The van der Waals surface area contributed by atoms with Gasteiger partial charge in [-0.2, -0.15) is 18.3 Å². The Bertz CT molecular complexity index is 1650. The van der Waals surface area contributed by atoms with Crippen LogP contribution in [0.15, 0.2) is 42.5 Å². The minimum Gasteiger partial charge on any atom is -0.341 e. The van der Waals surface area contributed by atoms with Crippen LogP contribution in [-0.4, -0.2) is 21.6 Å². The number of carbonyl (C=O) groups excluding carboxylic acids is 2. The van der Waals surface area contributed by atoms with E-state index in [9.17, 15) is 35.9 Å². The number of aromatic nitrogens is 2. The smallest absolute Gasteiger partial charge is 0.341 e. The minimum absolute atomic E-state index is 0.0588. The summed E-state index contributed by atoms with van der Waals surface area (Å²) >= 11 is 6.27. The molecule has 0 saturated carbocycles. The van der Waals surface area contributed by atoms with Gasteiger partial charge in [0.25, 0.3) is 11.8 Å². The summed E-state index contributed by atoms with van der Waals surface area (Å²) in [5.74, 6) is -3.78. The quantitative estimate of drug-likeness (QED) is 0.301. The third-order valence-corrected chi connectivity index (χ3v) is 6.56. The fourth-order valence-electron chi connectivity index (χ4n) is 4.51. The van der Waals surface area contributed by atoms with E-state index in [2.05, 4.69) is 15.7 Å². The highest BCUT2D eigenvalue weighted by Crippen LogP contribution is 2.43. The second-order valence-electron chi connectivity index (χ2n) is 8.57. The fraction of sp³-hybridized carbons (Fsp3) is 0.160. The van der Waals surface area contributed by atoms with Crippen LogP contribution >= 0.6 is 11.6 Å². The van der Waals surface area contributed by atoms with E-state index in [1.54, 1.807) is 0 Å². The summed E-state index contributed by atoms with van der Waals surface area (Å²) < 4.78 is 82.7. The topological polar surface area (TPSA) is 76.0 Å². The number of amides is 2. The van der Waals surface area contributed by atoms with Crippen molar-refractivity contribution < 1.29 is 35.9 Å². The first-order chi connectivity index (χ1) is 17.9. The highest BCUT2D eigenvalue weighted by Gasteiger charge is 2.38. The Morgan fingerprint density at radius 3 is 2.55 bits per heavy atom. The van der Waals surface area contributed by atoms with Crippen LogP contribution in [0.2, 0.25) is 5.02 Å². The molecule has 0 spiro atoms. The molecule has 0 bridgehead atoms. The second-order valence-corrected chi connectivity index (χ2v) is 8.97. The zero-order valence-corrected chi connectivity index (χ0v) is 19.9. The van der Waals surface area contributed by atoms with E-state index < -0.39 is 53.5 Å². The molecule has 2 amide bonds. The van der Waals surface area contributed by atoms with Crippen LogP contribution in [-0.2, 0) is 19.9 Å². The zero-order valence-electron chi connectivity index (χ0n) is 19.2. The van der Waals surface area contributed by atoms with Gasteiger partial charge in [-0.05, 0) is 42.5 Å². The highest BCUT2D eigenvalue weighted by atomic mass is 35.5. The Kier molecular flexibility index (Phi) is 6.09. The van der Waals surface area contributed by atoms with Gasteiger partial charge in [0, 0.05) is 39.8 Å². The molecular weight excluding hydrogens is 538 g/mol. The summed E-state index contributed by atoms with van der Waals surface area (Å²) in [4.78, 5) is 26.2. The molecule has 4 aromatic rings. The molecule has 196 valence electrons. The van der Waals surface area contributed by atoms with Gasteiger partial charge in [0.15, 0.2) is 0 Å². The lowest BCUT2D eigenvalue weighted by atomic mass is 9.94. The third-order valence-electron chi connectivity index (χ3n) is 6.21. The number of aryl methyl sites for hydroxylation is 1. The van der Waals surface area contributed by atoms with Crippen LogP contribution in [0.5, 0.6) is 0 Å². The van der Waals surface area contributed by atoms with Crippen molar-refractivity contribution in [3.05, 3.63) is 92.6 Å². The number of hydrogen-bond acceptors (Lipinski definition) is 3. The van der Waals surface area contributed by atoms with E-state index in [1.165, 1.54) is 23.9 Å². The molecule has 1 aromatic heterocycles. The number of alkyl halides is 4. The molecule has 5 rings (SSSR count). The predicted octanol–water partition coefficient (Wildman–Crippen LogP) is 6.08. The molecule has 3 aromatic carbocycles. The SMILES string of the molecule is Cn1nc2c3c(c(NC(=O)c4cc(F)cc(C(F)(F)F)c4)cc2c1CF)C(c1cc(F)ccc1Cl)NC3=O. The molecule has 0 saturated heterocycles. The number of rotatable bonds is 4. The molecule has 0 fully saturated rings. The van der Waals surface area contributed by atoms with Gasteiger partial charge in [-0.1, -0.05) is 11.6 Å². The van der Waals surface area contributed by atoms with Crippen molar-refractivity contribution in [3.63, 3.8) is 0 Å². The molecule has 6 nitrogen and oxygen atoms in total. The molecule has 1 aliphatic rings. The van der Waals surface area contributed by atoms with E-state index in [4.69, 9.17) is 11.6 Å². The summed E-state index contributed by atoms with van der Waals surface area (Å²) in [6.07, 6.45) is -4.92. The standard InChI is InChI=1S/C25H15ClF6N4O2/c1-36-18(9-27)15-8-17(33-23(37)10-4-11(25(30,31)32)6-13(29)5-10)19-20(22(15)35-36)24(38)34-21(19)14-7-12(28)2-3-16(14)26/h2-8,21H,9H2,1H3,(H,33,37)(H,34,38). The molecule has 2 heterocycles. The molecule has 1 atom stereocenters. The molecule has 1 aliphatic heterocycles. The van der Waals surface area contributed by atoms with E-state index >= 15 is 0 Å². The van der Waals surface area contributed by atoms with Gasteiger partial charge < -0.3 is 10.6 Å². The van der Waals surface area contributed by atoms with Crippen LogP contribution in [0.3, 0.4) is 0 Å². The summed E-state index contributed by atoms with van der Waals surface area (Å²) in [6, 6.07) is 4.97. The van der Waals surface area contributed by atoms with Crippen LogP contribution in [0.1, 0.15) is 49.1 Å². The minimum atomic E-state index is -4.92. The van der Waals surface area contributed by atoms with E-state index in [1.807, 2.05) is 0 Å². The second kappa shape index (κ2) is 9.05. The zero-order chi connectivity index (χ0) is 27.5. The molecular formula is C25H15ClF6N4O2. The molecule has 0 aliphatic carbocycles. The maximum Gasteiger partial charge on any atom is 0.416 e. The van der Waals surface area contributed by atoms with Crippen molar-refractivity contribution in [2.24, 2.45) is 7.05 Å². The largest absolute Gasteiger partial charge is 0.416 e. The van der Waals surface area contributed by atoms with Crippen LogP contribution in [0, 0.1) is 11.6 Å². The number of fused-ring (bicyclic) bond motifs is 3. The Balaban J connectivity index is 1.71. The first-order valence-corrected chi connectivity index (χ1v) is 11.3. The normalized spacial score (nSPS) is 15.1. The average Bonchev–Trinajstić information content (AvgIpc) is 3.35. The van der Waals surface area contributed by atoms with E-state index in [0.29, 0.717) is 12.1 Å². The predicted molar refractivity (Wildman–Crippen MR) is 126 cm³/mol. The molecule has 0 radical (unpaired) electrons. The highest BCUT2D eigenvalue weighted by molar-refractivity contribution is 6.31. The molecule has 13 heteroatoms. The van der Waals surface area contributed by atoms with Crippen molar-refractivity contribution in [2.75, 3.05) is 5.32 Å². The van der Waals surface area contributed by atoms with Gasteiger partial charge in [0.2, 0.25) is 0 Å². The average molecular weight is 553 g/mol. The molecule has 1 unspecified atom stereocenters. The fourth-order valence-corrected chi connectivity index (χ4v) is 4.74. The first kappa shape index (κ1) is 25.6. The van der Waals surface area contributed by atoms with Gasteiger partial charge in [-0.15, -0.1) is 0 Å². The summed E-state index contributed by atoms with van der Waals surface area (Å²) in [5, 5.41) is 9.50. The number of nitrogens with one attached hydrogen (secondary N) is 2. The number of benzene rings is 3. The van der Waals surface area contributed by atoms with Crippen molar-refractivity contribution in [3.8, 4) is 0 Å². The summed E-state index contributed by atoms with van der Waals surface area (Å²) in [5.41, 5.74) is -1.85. The van der Waals surface area contributed by atoms with Crippen LogP contribution in [0.4, 0.5) is 32.0 Å². The number of nitrogens with zero attached hydrogens (tertiary/aromatic N) is 2. The van der Waals surface area contributed by atoms with Gasteiger partial charge in [0.1, 0.15) is 23.8 Å². The van der Waals surface area contributed by atoms with Gasteiger partial charge >= 0.3 is 6.18 Å². The lowest BCUT2D eigenvalue weighted by Crippen LogP contribution is -2.21. The van der Waals surface area contributed by atoms with E-state index in [0.717, 1.165) is 12.1 Å². The maximum absolute atomic E-state index is 14.1. The Hall–Kier alpha value is -4.06. The van der Waals surface area contributed by atoms with Crippen molar-refractivity contribution in [2.45, 2.75) is 18.9 Å². The van der Waals surface area contributed by atoms with Gasteiger partial charge in [0.05, 0.1) is 22.9 Å². The Labute approximate surface area is 215 Å². The monoisotopic (exact) mass is 552 g/mol. The number of anilines is 1. The van der Waals surface area contributed by atoms with Crippen LogP contribution < -0.4 is 10.6 Å². The lowest BCUT2D eigenvalue weighted by molar-refractivity contribution is -0.137. The van der Waals surface area contributed by atoms with Crippen molar-refractivity contribution in [1.29, 1.82) is 0 Å². The molecule has 38 heavy (non-hydrogen) atoms. The van der Waals surface area contributed by atoms with Gasteiger partial charge in [-0.25, -0.2) is 13.2 Å². The van der Waals surface area contributed by atoms with Crippen molar-refractivity contribution in [1.82, 2.24) is 15.1 Å². The summed E-state index contributed by atoms with van der Waals surface area (Å²) in [6.45, 7) is -0.987. The Morgan fingerprint density at radius 2 is 1.87 bits per heavy atom. The first-order valence-electron chi connectivity index (χ1n) is 10.9. The lowest BCUT2D eigenvalue weighted by Gasteiger charge is -2.18. The van der Waals surface area contributed by atoms with Crippen molar-refractivity contribution >= 4 is 40.0 Å². The summed E-state index contributed by atoms with van der Waals surface area (Å²) in [7, 11) is 1.44. The van der Waals surface area contributed by atoms with E-state index in [-0.39, 0.29) is 50.1 Å². The van der Waals surface area contributed by atoms with Gasteiger partial charge in [-0.3, -0.25) is 14.3 Å². The maximum atomic E-state index is 14.1. The number of carbonyl (C=O) groups is 2. The van der Waals surface area contributed by atoms with Crippen LogP contribution in [0.25, 0.3) is 10.9 Å². The molecule has 2 N–H and O–H groups in total. The number of halogens is 7.